The average Bonchev–Trinajstić information content (AvgIpc) is 3.37. The summed E-state index contributed by atoms with van der Waals surface area (Å²) in [6.07, 6.45) is 3.44. The first-order valence-corrected chi connectivity index (χ1v) is 16.0. The highest BCUT2D eigenvalue weighted by molar-refractivity contribution is 7.67. The molecule has 222 valence electrons. The molecule has 15 heteroatoms. The maximum Gasteiger partial charge on any atom is 0.357 e. The number of amides is 1. The van der Waals surface area contributed by atoms with Crippen LogP contribution in [-0.4, -0.2) is 53.7 Å². The molecule has 7 N–H and O–H groups in total. The predicted octanol–water partition coefficient (Wildman–Crippen LogP) is 2.26. The molecule has 1 amide bonds. The second-order valence-electron chi connectivity index (χ2n) is 9.57. The standard InChI is InChI=1S/C28H27N5O8P2/c1-41-21-4-2-3-19(14-21)22-15-33(27-25(22)26(29)31-16-32-27)20-8-6-18(7-9-20)28(34)30-12-11-17-5-10-23(42(35,36)37)24(13-17)43(38,39)40/h2-10,13-16H,11-12H2,1H3,(H,30,34)(H2,29,31,32)(H2,35,36,37)(H2,38,39,40). The summed E-state index contributed by atoms with van der Waals surface area (Å²) in [5.74, 6) is 0.626. The fraction of sp³-hybridized carbons (Fsp3) is 0.107. The molecule has 0 unspecified atom stereocenters. The first kappa shape index (κ1) is 30.1. The third kappa shape index (κ3) is 6.37. The largest absolute Gasteiger partial charge is 0.497 e. The van der Waals surface area contributed by atoms with Gasteiger partial charge < -0.3 is 39.9 Å². The molecule has 43 heavy (non-hydrogen) atoms. The Morgan fingerprint density at radius 1 is 0.953 bits per heavy atom. The summed E-state index contributed by atoms with van der Waals surface area (Å²) in [4.78, 5) is 59.4. The van der Waals surface area contributed by atoms with E-state index >= 15 is 0 Å². The van der Waals surface area contributed by atoms with Crippen molar-refractivity contribution < 1.29 is 38.2 Å². The number of carbonyl (C=O) groups is 1. The number of nitrogens with one attached hydrogen (secondary N) is 1. The quantitative estimate of drug-likeness (QED) is 0.131. The lowest BCUT2D eigenvalue weighted by Crippen LogP contribution is -2.28. The van der Waals surface area contributed by atoms with Crippen LogP contribution in [0, 0.1) is 0 Å². The van der Waals surface area contributed by atoms with Gasteiger partial charge in [-0.25, -0.2) is 9.97 Å². The van der Waals surface area contributed by atoms with Crippen molar-refractivity contribution in [2.45, 2.75) is 6.42 Å². The normalized spacial score (nSPS) is 11.9. The summed E-state index contributed by atoms with van der Waals surface area (Å²) in [5, 5.41) is 1.95. The number of nitrogens with two attached hydrogens (primary N) is 1. The number of benzene rings is 3. The van der Waals surface area contributed by atoms with Crippen LogP contribution in [0.25, 0.3) is 27.8 Å². The van der Waals surface area contributed by atoms with Gasteiger partial charge in [0.2, 0.25) is 0 Å². The SMILES string of the molecule is COc1cccc(-c2cn(-c3ccc(C(=O)NCCc4ccc(P(=O)(O)O)c(P(=O)(O)O)c4)cc3)c3ncnc(N)c23)c1. The van der Waals surface area contributed by atoms with Gasteiger partial charge in [-0.3, -0.25) is 13.9 Å². The van der Waals surface area contributed by atoms with E-state index in [1.54, 1.807) is 31.4 Å². The lowest BCUT2D eigenvalue weighted by Gasteiger charge is -2.14. The second-order valence-corrected chi connectivity index (χ2v) is 12.7. The monoisotopic (exact) mass is 623 g/mol. The summed E-state index contributed by atoms with van der Waals surface area (Å²) in [7, 11) is -8.26. The van der Waals surface area contributed by atoms with Gasteiger partial charge in [-0.2, -0.15) is 0 Å². The number of rotatable bonds is 9. The van der Waals surface area contributed by atoms with E-state index in [4.69, 9.17) is 10.5 Å². The number of nitrogen functional groups attached to an aromatic ring is 1. The van der Waals surface area contributed by atoms with Crippen LogP contribution in [0.1, 0.15) is 15.9 Å². The fourth-order valence-corrected chi connectivity index (χ4v) is 6.81. The Balaban J connectivity index is 1.34. The Morgan fingerprint density at radius 2 is 1.67 bits per heavy atom. The molecular formula is C28H27N5O8P2. The number of nitrogens with zero attached hydrogens (tertiary/aromatic N) is 3. The van der Waals surface area contributed by atoms with Crippen LogP contribution < -0.4 is 26.4 Å². The Morgan fingerprint density at radius 3 is 2.35 bits per heavy atom. The van der Waals surface area contributed by atoms with Crippen LogP contribution in [0.3, 0.4) is 0 Å². The first-order chi connectivity index (χ1) is 20.4. The lowest BCUT2D eigenvalue weighted by atomic mass is 10.1. The minimum Gasteiger partial charge on any atom is -0.497 e. The molecule has 0 fully saturated rings. The topological polar surface area (TPSA) is 210 Å². The van der Waals surface area contributed by atoms with Gasteiger partial charge in [0.05, 0.1) is 23.1 Å². The molecule has 2 aromatic heterocycles. The van der Waals surface area contributed by atoms with Gasteiger partial charge in [-0.1, -0.05) is 18.2 Å². The van der Waals surface area contributed by atoms with E-state index in [0.29, 0.717) is 33.7 Å². The zero-order chi connectivity index (χ0) is 30.9. The number of hydrogen-bond acceptors (Lipinski definition) is 7. The van der Waals surface area contributed by atoms with Gasteiger partial charge >= 0.3 is 15.2 Å². The fourth-order valence-electron chi connectivity index (χ4n) is 4.69. The highest BCUT2D eigenvalue weighted by Crippen LogP contribution is 2.40. The molecule has 0 aliphatic carbocycles. The van der Waals surface area contributed by atoms with Crippen molar-refractivity contribution >= 4 is 48.6 Å². The van der Waals surface area contributed by atoms with Crippen LogP contribution in [0.4, 0.5) is 5.82 Å². The summed E-state index contributed by atoms with van der Waals surface area (Å²) in [5.41, 5.74) is 9.99. The van der Waals surface area contributed by atoms with Crippen molar-refractivity contribution in [3.63, 3.8) is 0 Å². The lowest BCUT2D eigenvalue weighted by molar-refractivity contribution is 0.0954. The van der Waals surface area contributed by atoms with Gasteiger partial charge in [0, 0.05) is 29.6 Å². The highest BCUT2D eigenvalue weighted by atomic mass is 31.2. The van der Waals surface area contributed by atoms with E-state index < -0.39 is 25.8 Å². The Labute approximate surface area is 245 Å². The molecular weight excluding hydrogens is 596 g/mol. The number of fused-ring (bicyclic) bond motifs is 1. The van der Waals surface area contributed by atoms with E-state index in [1.807, 2.05) is 35.0 Å². The summed E-state index contributed by atoms with van der Waals surface area (Å²) in [6.45, 7) is 0.110. The molecule has 0 bridgehead atoms. The maximum atomic E-state index is 12.8. The number of ether oxygens (including phenoxy) is 1. The number of carbonyl (C=O) groups excluding carboxylic acids is 1. The van der Waals surface area contributed by atoms with Crippen molar-refractivity contribution in [3.05, 3.63) is 90.4 Å². The zero-order valence-corrected chi connectivity index (χ0v) is 24.4. The molecule has 0 saturated heterocycles. The third-order valence-electron chi connectivity index (χ3n) is 6.77. The third-order valence-corrected chi connectivity index (χ3v) is 8.96. The minimum atomic E-state index is -4.95. The summed E-state index contributed by atoms with van der Waals surface area (Å²) in [6, 6.07) is 17.7. The van der Waals surface area contributed by atoms with E-state index in [1.165, 1.54) is 12.4 Å². The van der Waals surface area contributed by atoms with Crippen LogP contribution in [0.2, 0.25) is 0 Å². The molecule has 0 aliphatic heterocycles. The van der Waals surface area contributed by atoms with E-state index in [2.05, 4.69) is 15.3 Å². The predicted molar refractivity (Wildman–Crippen MR) is 161 cm³/mol. The first-order valence-electron chi connectivity index (χ1n) is 12.8. The number of anilines is 1. The van der Waals surface area contributed by atoms with E-state index in [-0.39, 0.29) is 18.9 Å². The van der Waals surface area contributed by atoms with Gasteiger partial charge in [0.15, 0.2) is 5.65 Å². The molecule has 3 aromatic carbocycles. The smallest absolute Gasteiger partial charge is 0.357 e. The molecule has 13 nitrogen and oxygen atoms in total. The average molecular weight is 623 g/mol. The van der Waals surface area contributed by atoms with Crippen LogP contribution in [0.5, 0.6) is 5.75 Å². The molecule has 0 saturated carbocycles. The molecule has 2 heterocycles. The summed E-state index contributed by atoms with van der Waals surface area (Å²) < 4.78 is 30.6. The molecule has 5 rings (SSSR count). The Kier molecular flexibility index (Phi) is 8.22. The van der Waals surface area contributed by atoms with Crippen LogP contribution in [0.15, 0.2) is 79.3 Å². The molecule has 5 aromatic rings. The number of methoxy groups -OCH3 is 1. The second kappa shape index (κ2) is 11.7. The van der Waals surface area contributed by atoms with Crippen LogP contribution >= 0.6 is 15.2 Å². The minimum absolute atomic E-state index is 0.110. The Bertz CT molecular complexity index is 1930. The van der Waals surface area contributed by atoms with Crippen molar-refractivity contribution in [2.75, 3.05) is 19.4 Å². The van der Waals surface area contributed by atoms with E-state index in [0.717, 1.165) is 28.9 Å². The summed E-state index contributed by atoms with van der Waals surface area (Å²) >= 11 is 0. The zero-order valence-electron chi connectivity index (χ0n) is 22.7. The van der Waals surface area contributed by atoms with Crippen molar-refractivity contribution in [1.82, 2.24) is 19.9 Å². The van der Waals surface area contributed by atoms with Gasteiger partial charge in [0.25, 0.3) is 5.91 Å². The number of hydrogen-bond donors (Lipinski definition) is 6. The van der Waals surface area contributed by atoms with Crippen LogP contribution in [-0.2, 0) is 15.6 Å². The molecule has 0 atom stereocenters. The number of aromatic nitrogens is 3. The van der Waals surface area contributed by atoms with Crippen molar-refractivity contribution in [3.8, 4) is 22.6 Å². The Hall–Kier alpha value is -4.35. The maximum absolute atomic E-state index is 12.8. The van der Waals surface area contributed by atoms with E-state index in [9.17, 15) is 33.5 Å². The van der Waals surface area contributed by atoms with Gasteiger partial charge in [-0.05, 0) is 66.1 Å². The molecule has 0 aliphatic rings. The van der Waals surface area contributed by atoms with Crippen molar-refractivity contribution in [2.24, 2.45) is 0 Å². The highest BCUT2D eigenvalue weighted by Gasteiger charge is 2.30. The molecule has 0 spiro atoms. The van der Waals surface area contributed by atoms with Gasteiger partial charge in [0.1, 0.15) is 17.9 Å². The molecule has 0 radical (unpaired) electrons. The van der Waals surface area contributed by atoms with Crippen molar-refractivity contribution in [1.29, 1.82) is 0 Å². The van der Waals surface area contributed by atoms with Gasteiger partial charge in [-0.15, -0.1) is 0 Å².